The number of aromatic hydroxyl groups is 1. The number of hydrogen-bond donors (Lipinski definition) is 1. The number of phenols is 1. The zero-order valence-corrected chi connectivity index (χ0v) is 18.9. The zero-order chi connectivity index (χ0) is 21.1. The van der Waals surface area contributed by atoms with Crippen LogP contribution in [0.25, 0.3) is 16.7 Å². The quantitative estimate of drug-likeness (QED) is 0.436. The standard InChI is InChI=1S/C28H30OS/c1-19-16-20(2)18-25(17-19)28(24-8-12-26(29)13-9-24)23-6-4-21(5-7-23)22-10-14-27(30-3)15-11-22/h4-15,19-20,29H,16-18H2,1-3H3. The number of allylic oxidation sites excluding steroid dienone is 1. The molecule has 0 amide bonds. The molecule has 1 nitrogen and oxygen atoms in total. The van der Waals surface area contributed by atoms with Gasteiger partial charge in [0.2, 0.25) is 0 Å². The number of phenolic OH excluding ortho intramolecular Hbond substituents is 1. The van der Waals surface area contributed by atoms with E-state index in [1.54, 1.807) is 29.5 Å². The predicted octanol–water partition coefficient (Wildman–Crippen LogP) is 8.04. The number of benzene rings is 3. The number of thioether (sulfide) groups is 1. The molecule has 1 N–H and O–H groups in total. The molecule has 154 valence electrons. The topological polar surface area (TPSA) is 20.2 Å². The summed E-state index contributed by atoms with van der Waals surface area (Å²) in [6.45, 7) is 4.73. The van der Waals surface area contributed by atoms with Gasteiger partial charge in [-0.15, -0.1) is 11.8 Å². The highest BCUT2D eigenvalue weighted by molar-refractivity contribution is 7.98. The summed E-state index contributed by atoms with van der Waals surface area (Å²) in [5.74, 6) is 1.74. The maximum Gasteiger partial charge on any atom is 0.115 e. The molecule has 0 radical (unpaired) electrons. The Morgan fingerprint density at radius 1 is 0.733 bits per heavy atom. The molecule has 0 heterocycles. The first-order valence-corrected chi connectivity index (χ1v) is 12.0. The molecule has 1 fully saturated rings. The lowest BCUT2D eigenvalue weighted by Crippen LogP contribution is -2.14. The van der Waals surface area contributed by atoms with Crippen LogP contribution < -0.4 is 0 Å². The average molecular weight is 415 g/mol. The lowest BCUT2D eigenvalue weighted by atomic mass is 9.76. The molecule has 1 aliphatic carbocycles. The van der Waals surface area contributed by atoms with Gasteiger partial charge in [0.05, 0.1) is 0 Å². The van der Waals surface area contributed by atoms with E-state index in [9.17, 15) is 5.11 Å². The Labute approximate surface area is 184 Å². The summed E-state index contributed by atoms with van der Waals surface area (Å²) in [6.07, 6.45) is 5.71. The Morgan fingerprint density at radius 2 is 1.20 bits per heavy atom. The molecule has 2 unspecified atom stereocenters. The van der Waals surface area contributed by atoms with Crippen molar-refractivity contribution in [1.29, 1.82) is 0 Å². The molecule has 0 spiro atoms. The van der Waals surface area contributed by atoms with Gasteiger partial charge in [0, 0.05) is 4.90 Å². The SMILES string of the molecule is CSc1ccc(-c2ccc(C(=C3CC(C)CC(C)C3)c3ccc(O)cc3)cc2)cc1. The second-order valence-corrected chi connectivity index (χ2v) is 9.57. The highest BCUT2D eigenvalue weighted by Crippen LogP contribution is 2.40. The van der Waals surface area contributed by atoms with E-state index in [0.717, 1.165) is 12.8 Å². The van der Waals surface area contributed by atoms with E-state index in [0.29, 0.717) is 17.6 Å². The van der Waals surface area contributed by atoms with Crippen molar-refractivity contribution in [3.8, 4) is 16.9 Å². The first kappa shape index (κ1) is 20.8. The van der Waals surface area contributed by atoms with Gasteiger partial charge in [-0.25, -0.2) is 0 Å². The largest absolute Gasteiger partial charge is 0.508 e. The van der Waals surface area contributed by atoms with Gasteiger partial charge >= 0.3 is 0 Å². The van der Waals surface area contributed by atoms with Gasteiger partial charge in [0.1, 0.15) is 5.75 Å². The van der Waals surface area contributed by atoms with Crippen molar-refractivity contribution in [2.45, 2.75) is 38.0 Å². The van der Waals surface area contributed by atoms with Crippen LogP contribution >= 0.6 is 11.8 Å². The molecule has 4 rings (SSSR count). The average Bonchev–Trinajstić information content (AvgIpc) is 2.75. The summed E-state index contributed by atoms with van der Waals surface area (Å²) >= 11 is 1.77. The first-order chi connectivity index (χ1) is 14.5. The van der Waals surface area contributed by atoms with Crippen molar-refractivity contribution in [3.05, 3.63) is 89.5 Å². The number of hydrogen-bond acceptors (Lipinski definition) is 2. The number of rotatable bonds is 4. The van der Waals surface area contributed by atoms with E-state index in [1.165, 1.54) is 39.1 Å². The van der Waals surface area contributed by atoms with Crippen LogP contribution in [0.4, 0.5) is 0 Å². The van der Waals surface area contributed by atoms with Crippen LogP contribution in [0.15, 0.2) is 83.3 Å². The van der Waals surface area contributed by atoms with Gasteiger partial charge in [-0.05, 0) is 89.4 Å². The van der Waals surface area contributed by atoms with Gasteiger partial charge in [-0.2, -0.15) is 0 Å². The van der Waals surface area contributed by atoms with Crippen molar-refractivity contribution >= 4 is 17.3 Å². The molecular formula is C28H30OS. The predicted molar refractivity (Wildman–Crippen MR) is 130 cm³/mol. The Kier molecular flexibility index (Phi) is 6.34. The van der Waals surface area contributed by atoms with Gasteiger partial charge in [0.15, 0.2) is 0 Å². The summed E-state index contributed by atoms with van der Waals surface area (Å²) in [6, 6.07) is 25.5. The van der Waals surface area contributed by atoms with Crippen molar-refractivity contribution in [2.75, 3.05) is 6.26 Å². The summed E-state index contributed by atoms with van der Waals surface area (Å²) in [5.41, 5.74) is 7.84. The lowest BCUT2D eigenvalue weighted by Gasteiger charge is -2.29. The molecule has 3 aromatic rings. The Bertz CT molecular complexity index is 1000. The Hall–Kier alpha value is -2.45. The molecular weight excluding hydrogens is 384 g/mol. The third-order valence-corrected chi connectivity index (χ3v) is 6.84. The van der Waals surface area contributed by atoms with Gasteiger partial charge in [-0.3, -0.25) is 0 Å². The Balaban J connectivity index is 1.74. The van der Waals surface area contributed by atoms with Gasteiger partial charge in [0.25, 0.3) is 0 Å². The fourth-order valence-corrected chi connectivity index (χ4v) is 5.21. The van der Waals surface area contributed by atoms with Crippen LogP contribution in [0.2, 0.25) is 0 Å². The first-order valence-electron chi connectivity index (χ1n) is 10.8. The van der Waals surface area contributed by atoms with Crippen LogP contribution in [0, 0.1) is 11.8 Å². The molecule has 0 bridgehead atoms. The van der Waals surface area contributed by atoms with E-state index in [4.69, 9.17) is 0 Å². The van der Waals surface area contributed by atoms with Crippen molar-refractivity contribution in [3.63, 3.8) is 0 Å². The third-order valence-electron chi connectivity index (χ3n) is 6.10. The molecule has 0 saturated heterocycles. The smallest absolute Gasteiger partial charge is 0.115 e. The molecule has 3 aromatic carbocycles. The summed E-state index contributed by atoms with van der Waals surface area (Å²) in [4.78, 5) is 1.29. The minimum atomic E-state index is 0.317. The van der Waals surface area contributed by atoms with Crippen molar-refractivity contribution in [2.24, 2.45) is 11.8 Å². The van der Waals surface area contributed by atoms with Crippen LogP contribution in [0.3, 0.4) is 0 Å². The van der Waals surface area contributed by atoms with E-state index < -0.39 is 0 Å². The van der Waals surface area contributed by atoms with E-state index in [1.807, 2.05) is 0 Å². The monoisotopic (exact) mass is 414 g/mol. The second-order valence-electron chi connectivity index (χ2n) is 8.69. The fraction of sp³-hybridized carbons (Fsp3) is 0.286. The van der Waals surface area contributed by atoms with Gasteiger partial charge < -0.3 is 5.11 Å². The van der Waals surface area contributed by atoms with E-state index in [2.05, 4.69) is 80.8 Å². The van der Waals surface area contributed by atoms with Crippen LogP contribution in [-0.2, 0) is 0 Å². The lowest BCUT2D eigenvalue weighted by molar-refractivity contribution is 0.359. The fourth-order valence-electron chi connectivity index (χ4n) is 4.80. The summed E-state index contributed by atoms with van der Waals surface area (Å²) in [5, 5.41) is 9.79. The van der Waals surface area contributed by atoms with Crippen LogP contribution in [0.5, 0.6) is 5.75 Å². The molecule has 2 atom stereocenters. The molecule has 0 aromatic heterocycles. The maximum atomic E-state index is 9.79. The minimum Gasteiger partial charge on any atom is -0.508 e. The van der Waals surface area contributed by atoms with Crippen LogP contribution in [-0.4, -0.2) is 11.4 Å². The van der Waals surface area contributed by atoms with Gasteiger partial charge in [-0.1, -0.05) is 68.0 Å². The highest BCUT2D eigenvalue weighted by Gasteiger charge is 2.23. The zero-order valence-electron chi connectivity index (χ0n) is 18.1. The van der Waals surface area contributed by atoms with E-state index in [-0.39, 0.29) is 0 Å². The third kappa shape index (κ3) is 4.65. The molecule has 1 aliphatic rings. The molecule has 30 heavy (non-hydrogen) atoms. The van der Waals surface area contributed by atoms with Crippen molar-refractivity contribution in [1.82, 2.24) is 0 Å². The van der Waals surface area contributed by atoms with Crippen LogP contribution in [0.1, 0.15) is 44.2 Å². The molecule has 2 heteroatoms. The summed E-state index contributed by atoms with van der Waals surface area (Å²) in [7, 11) is 0. The minimum absolute atomic E-state index is 0.317. The Morgan fingerprint density at radius 3 is 1.70 bits per heavy atom. The highest BCUT2D eigenvalue weighted by atomic mass is 32.2. The summed E-state index contributed by atoms with van der Waals surface area (Å²) < 4.78 is 0. The van der Waals surface area contributed by atoms with E-state index >= 15 is 0 Å². The molecule has 1 saturated carbocycles. The maximum absolute atomic E-state index is 9.79. The normalized spacial score (nSPS) is 19.0. The molecule has 0 aliphatic heterocycles. The van der Waals surface area contributed by atoms with Crippen molar-refractivity contribution < 1.29 is 5.11 Å². The second kappa shape index (κ2) is 9.14.